The second-order valence-electron chi connectivity index (χ2n) is 11.0. The van der Waals surface area contributed by atoms with Gasteiger partial charge in [-0.15, -0.1) is 0 Å². The molecular weight excluding hydrogens is 450 g/mol. The van der Waals surface area contributed by atoms with Gasteiger partial charge in [-0.3, -0.25) is 14.5 Å². The Morgan fingerprint density at radius 1 is 0.889 bits per heavy atom. The van der Waals surface area contributed by atoms with Crippen molar-refractivity contribution in [1.82, 2.24) is 14.7 Å². The molecule has 0 unspecified atom stereocenters. The molecule has 3 fully saturated rings. The highest BCUT2D eigenvalue weighted by Gasteiger charge is 2.49. The number of rotatable bonds is 5. The number of fused-ring (bicyclic) bond motifs is 1. The van der Waals surface area contributed by atoms with Crippen molar-refractivity contribution >= 4 is 11.8 Å². The van der Waals surface area contributed by atoms with E-state index < -0.39 is 0 Å². The van der Waals surface area contributed by atoms with E-state index in [1.807, 2.05) is 24.3 Å². The van der Waals surface area contributed by atoms with Crippen LogP contribution in [0.15, 0.2) is 48.5 Å². The van der Waals surface area contributed by atoms with E-state index in [1.54, 1.807) is 19.0 Å². The Bertz CT molecular complexity index is 1060. The normalized spacial score (nSPS) is 25.0. The zero-order valence-corrected chi connectivity index (χ0v) is 21.6. The van der Waals surface area contributed by atoms with Crippen LogP contribution >= 0.6 is 0 Å². The second-order valence-corrected chi connectivity index (χ2v) is 11.0. The molecule has 3 aliphatic rings. The molecule has 2 amide bonds. The predicted octanol–water partition coefficient (Wildman–Crippen LogP) is 4.00. The minimum atomic E-state index is 0.00105. The van der Waals surface area contributed by atoms with Crippen LogP contribution in [0.2, 0.25) is 0 Å². The fourth-order valence-electron chi connectivity index (χ4n) is 6.53. The molecule has 0 radical (unpaired) electrons. The summed E-state index contributed by atoms with van der Waals surface area (Å²) in [6.07, 6.45) is 6.54. The van der Waals surface area contributed by atoms with E-state index in [1.165, 1.54) is 18.4 Å². The van der Waals surface area contributed by atoms with Crippen molar-refractivity contribution < 1.29 is 14.7 Å². The predicted molar refractivity (Wildman–Crippen MR) is 142 cm³/mol. The first-order valence-corrected chi connectivity index (χ1v) is 13.6. The lowest BCUT2D eigenvalue weighted by atomic mass is 9.74. The summed E-state index contributed by atoms with van der Waals surface area (Å²) in [4.78, 5) is 31.6. The zero-order valence-electron chi connectivity index (χ0n) is 21.6. The average Bonchev–Trinajstić information content (AvgIpc) is 3.42. The van der Waals surface area contributed by atoms with Crippen LogP contribution in [0.1, 0.15) is 60.4 Å². The summed E-state index contributed by atoms with van der Waals surface area (Å²) in [5.74, 6) is 0.790. The van der Waals surface area contributed by atoms with Crippen LogP contribution in [-0.2, 0) is 4.79 Å². The fraction of sp³-hybridized carbons (Fsp3) is 0.533. The first-order valence-electron chi connectivity index (χ1n) is 13.6. The van der Waals surface area contributed by atoms with Crippen LogP contribution in [0.3, 0.4) is 0 Å². The molecule has 3 atom stereocenters. The third-order valence-corrected chi connectivity index (χ3v) is 8.55. The molecule has 0 spiro atoms. The Balaban J connectivity index is 1.33. The number of amides is 2. The smallest absolute Gasteiger partial charge is 0.253 e. The number of aliphatic hydroxyl groups is 1. The van der Waals surface area contributed by atoms with E-state index in [4.69, 9.17) is 0 Å². The lowest BCUT2D eigenvalue weighted by molar-refractivity contribution is -0.140. The van der Waals surface area contributed by atoms with E-state index in [0.29, 0.717) is 11.5 Å². The van der Waals surface area contributed by atoms with E-state index in [9.17, 15) is 14.7 Å². The maximum Gasteiger partial charge on any atom is 0.253 e. The summed E-state index contributed by atoms with van der Waals surface area (Å²) in [5.41, 5.74) is 4.09. The van der Waals surface area contributed by atoms with Crippen LogP contribution in [0, 0.1) is 5.92 Å². The molecule has 2 saturated heterocycles. The summed E-state index contributed by atoms with van der Waals surface area (Å²) in [6, 6.07) is 16.8. The fourth-order valence-corrected chi connectivity index (χ4v) is 6.53. The highest BCUT2D eigenvalue weighted by atomic mass is 16.3. The molecule has 2 aromatic carbocycles. The zero-order chi connectivity index (χ0) is 25.2. The molecule has 0 aromatic heterocycles. The first-order chi connectivity index (χ1) is 17.5. The van der Waals surface area contributed by atoms with Gasteiger partial charge in [0.25, 0.3) is 5.91 Å². The van der Waals surface area contributed by atoms with Gasteiger partial charge in [-0.05, 0) is 61.1 Å². The Labute approximate surface area is 214 Å². The summed E-state index contributed by atoms with van der Waals surface area (Å²) >= 11 is 0. The molecule has 6 nitrogen and oxygen atoms in total. The summed E-state index contributed by atoms with van der Waals surface area (Å²) in [7, 11) is 3.52. The Morgan fingerprint density at radius 2 is 1.50 bits per heavy atom. The number of aliphatic hydroxyl groups excluding tert-OH is 1. The van der Waals surface area contributed by atoms with Gasteiger partial charge in [0.2, 0.25) is 5.91 Å². The van der Waals surface area contributed by atoms with Crippen molar-refractivity contribution in [1.29, 1.82) is 0 Å². The molecule has 1 N–H and O–H groups in total. The van der Waals surface area contributed by atoms with Gasteiger partial charge < -0.3 is 14.9 Å². The van der Waals surface area contributed by atoms with Gasteiger partial charge in [0.1, 0.15) is 0 Å². The van der Waals surface area contributed by atoms with E-state index >= 15 is 0 Å². The monoisotopic (exact) mass is 489 g/mol. The van der Waals surface area contributed by atoms with Crippen molar-refractivity contribution in [2.45, 2.75) is 56.5 Å². The van der Waals surface area contributed by atoms with Gasteiger partial charge in [-0.25, -0.2) is 0 Å². The molecule has 5 rings (SSSR count). The van der Waals surface area contributed by atoms with Crippen molar-refractivity contribution in [3.8, 4) is 11.1 Å². The lowest BCUT2D eigenvalue weighted by Gasteiger charge is -2.57. The standard InChI is InChI=1S/C30H39N3O3/c1-31(2)29(35)25-15-11-22(12-16-25)21-9-13-23(14-10-21)28-26-19-32(30(36)24-7-3-4-8-24)17-5-6-18-33(26)27(28)20-34/h9-16,24,26-28,34H,3-8,17-20H2,1-2H3/t26-,27+,28-/m1/s1. The number of carbonyl (C=O) groups is 2. The maximum atomic E-state index is 13.3. The van der Waals surface area contributed by atoms with Gasteiger partial charge in [-0.2, -0.15) is 0 Å². The molecular formula is C30H39N3O3. The Hall–Kier alpha value is -2.70. The van der Waals surface area contributed by atoms with Crippen LogP contribution in [0.4, 0.5) is 0 Å². The van der Waals surface area contributed by atoms with Gasteiger partial charge in [-0.1, -0.05) is 49.2 Å². The first kappa shape index (κ1) is 25.0. The Morgan fingerprint density at radius 3 is 2.11 bits per heavy atom. The van der Waals surface area contributed by atoms with Gasteiger partial charge in [0, 0.05) is 56.7 Å². The molecule has 2 aliphatic heterocycles. The van der Waals surface area contributed by atoms with E-state index in [2.05, 4.69) is 34.1 Å². The second kappa shape index (κ2) is 10.7. The van der Waals surface area contributed by atoms with E-state index in [0.717, 1.165) is 56.4 Å². The number of carbonyl (C=O) groups excluding carboxylic acids is 2. The SMILES string of the molecule is CN(C)C(=O)c1ccc(-c2ccc([C@@H]3[C@H]4CN(C(=O)C5CCCC5)CCCCN4[C@H]3CO)cc2)cc1. The van der Waals surface area contributed by atoms with Crippen LogP contribution in [0.5, 0.6) is 0 Å². The van der Waals surface area contributed by atoms with Gasteiger partial charge in [0.05, 0.1) is 6.61 Å². The lowest BCUT2D eigenvalue weighted by Crippen LogP contribution is -2.68. The number of benzene rings is 2. The Kier molecular flexibility index (Phi) is 7.44. The van der Waals surface area contributed by atoms with Crippen molar-refractivity contribution in [3.63, 3.8) is 0 Å². The average molecular weight is 490 g/mol. The number of hydrogen-bond acceptors (Lipinski definition) is 4. The largest absolute Gasteiger partial charge is 0.395 e. The summed E-state index contributed by atoms with van der Waals surface area (Å²) < 4.78 is 0. The molecule has 36 heavy (non-hydrogen) atoms. The van der Waals surface area contributed by atoms with Gasteiger partial charge in [0.15, 0.2) is 0 Å². The third kappa shape index (κ3) is 4.81. The van der Waals surface area contributed by atoms with Crippen molar-refractivity contribution in [2.75, 3.05) is 40.3 Å². The molecule has 6 heteroatoms. The molecule has 1 saturated carbocycles. The highest BCUT2D eigenvalue weighted by molar-refractivity contribution is 5.94. The van der Waals surface area contributed by atoms with Crippen molar-refractivity contribution in [2.24, 2.45) is 5.92 Å². The van der Waals surface area contributed by atoms with Crippen LogP contribution in [0.25, 0.3) is 11.1 Å². The van der Waals surface area contributed by atoms with Gasteiger partial charge >= 0.3 is 0 Å². The molecule has 2 aromatic rings. The summed E-state index contributed by atoms with van der Waals surface area (Å²) in [5, 5.41) is 10.3. The molecule has 192 valence electrons. The van der Waals surface area contributed by atoms with E-state index in [-0.39, 0.29) is 36.4 Å². The topological polar surface area (TPSA) is 64.1 Å². The number of hydrogen-bond donors (Lipinski definition) is 1. The minimum absolute atomic E-state index is 0.00105. The minimum Gasteiger partial charge on any atom is -0.395 e. The highest BCUT2D eigenvalue weighted by Crippen LogP contribution is 2.42. The maximum absolute atomic E-state index is 13.3. The quantitative estimate of drug-likeness (QED) is 0.690. The van der Waals surface area contributed by atoms with Crippen LogP contribution in [-0.4, -0.2) is 84.0 Å². The number of nitrogens with zero attached hydrogens (tertiary/aromatic N) is 3. The molecule has 1 aliphatic carbocycles. The molecule has 2 heterocycles. The molecule has 0 bridgehead atoms. The van der Waals surface area contributed by atoms with Crippen LogP contribution < -0.4 is 0 Å². The summed E-state index contributed by atoms with van der Waals surface area (Å²) in [6.45, 7) is 2.76. The van der Waals surface area contributed by atoms with Crippen molar-refractivity contribution in [3.05, 3.63) is 59.7 Å². The third-order valence-electron chi connectivity index (χ3n) is 8.55.